The Morgan fingerprint density at radius 1 is 1.21 bits per heavy atom. The second-order valence-electron chi connectivity index (χ2n) is 5.30. The summed E-state index contributed by atoms with van der Waals surface area (Å²) < 4.78 is 18.3. The lowest BCUT2D eigenvalue weighted by atomic mass is 10.2. The Labute approximate surface area is 142 Å². The van der Waals surface area contributed by atoms with Gasteiger partial charge in [-0.3, -0.25) is 4.79 Å². The molecular formula is C17H16FN3O2S. The molecule has 0 bridgehead atoms. The van der Waals surface area contributed by atoms with Crippen LogP contribution >= 0.6 is 11.8 Å². The summed E-state index contributed by atoms with van der Waals surface area (Å²) in [6.07, 6.45) is 0. The highest BCUT2D eigenvalue weighted by Crippen LogP contribution is 2.17. The molecule has 3 rings (SSSR count). The molecular weight excluding hydrogens is 329 g/mol. The molecule has 0 radical (unpaired) electrons. The summed E-state index contributed by atoms with van der Waals surface area (Å²) >= 11 is 1.38. The van der Waals surface area contributed by atoms with Gasteiger partial charge in [-0.15, -0.1) is 0 Å². The SMILES string of the molecule is Cc1cc(C)c2c(=O)[nH]c(SCCOc3ccc(F)cc3)nc2n1. The number of aromatic nitrogens is 3. The average molecular weight is 345 g/mol. The second kappa shape index (κ2) is 7.00. The molecule has 3 aromatic rings. The molecule has 1 N–H and O–H groups in total. The van der Waals surface area contributed by atoms with Crippen LogP contribution in [0.1, 0.15) is 11.3 Å². The maximum absolute atomic E-state index is 12.8. The van der Waals surface area contributed by atoms with Crippen LogP contribution < -0.4 is 10.3 Å². The lowest BCUT2D eigenvalue weighted by Gasteiger charge is -2.07. The summed E-state index contributed by atoms with van der Waals surface area (Å²) in [5.74, 6) is 0.897. The van der Waals surface area contributed by atoms with E-state index in [1.165, 1.54) is 23.9 Å². The fourth-order valence-electron chi connectivity index (χ4n) is 2.36. The summed E-state index contributed by atoms with van der Waals surface area (Å²) in [5, 5.41) is 1.03. The molecule has 0 atom stereocenters. The summed E-state index contributed by atoms with van der Waals surface area (Å²) in [4.78, 5) is 23.7. The Morgan fingerprint density at radius 2 is 1.96 bits per heavy atom. The van der Waals surface area contributed by atoms with E-state index in [1.807, 2.05) is 19.9 Å². The molecule has 0 spiro atoms. The van der Waals surface area contributed by atoms with Gasteiger partial charge in [0.25, 0.3) is 5.56 Å². The number of pyridine rings is 1. The van der Waals surface area contributed by atoms with Crippen molar-refractivity contribution >= 4 is 22.8 Å². The smallest absolute Gasteiger partial charge is 0.261 e. The Balaban J connectivity index is 1.67. The van der Waals surface area contributed by atoms with Crippen molar-refractivity contribution in [2.45, 2.75) is 19.0 Å². The molecule has 0 saturated heterocycles. The van der Waals surface area contributed by atoms with E-state index >= 15 is 0 Å². The number of aromatic amines is 1. The van der Waals surface area contributed by atoms with Crippen molar-refractivity contribution in [1.29, 1.82) is 0 Å². The largest absolute Gasteiger partial charge is 0.493 e. The number of rotatable bonds is 5. The number of H-pyrrole nitrogens is 1. The van der Waals surface area contributed by atoms with Crippen LogP contribution in [-0.4, -0.2) is 27.3 Å². The van der Waals surface area contributed by atoms with Gasteiger partial charge in [0.1, 0.15) is 11.6 Å². The van der Waals surface area contributed by atoms with Gasteiger partial charge in [-0.1, -0.05) is 11.8 Å². The van der Waals surface area contributed by atoms with Crippen molar-refractivity contribution in [3.8, 4) is 5.75 Å². The molecule has 0 amide bonds. The van der Waals surface area contributed by atoms with E-state index in [0.29, 0.717) is 34.3 Å². The topological polar surface area (TPSA) is 67.9 Å². The highest BCUT2D eigenvalue weighted by molar-refractivity contribution is 7.99. The molecule has 24 heavy (non-hydrogen) atoms. The predicted molar refractivity (Wildman–Crippen MR) is 92.3 cm³/mol. The van der Waals surface area contributed by atoms with E-state index in [4.69, 9.17) is 4.74 Å². The van der Waals surface area contributed by atoms with Crippen molar-refractivity contribution in [3.63, 3.8) is 0 Å². The lowest BCUT2D eigenvalue weighted by molar-refractivity contribution is 0.343. The van der Waals surface area contributed by atoms with Crippen LogP contribution in [-0.2, 0) is 0 Å². The van der Waals surface area contributed by atoms with Crippen LogP contribution in [0.2, 0.25) is 0 Å². The van der Waals surface area contributed by atoms with Gasteiger partial charge in [0.15, 0.2) is 10.8 Å². The molecule has 5 nitrogen and oxygen atoms in total. The lowest BCUT2D eigenvalue weighted by Crippen LogP contribution is -2.12. The van der Waals surface area contributed by atoms with E-state index in [9.17, 15) is 9.18 Å². The third kappa shape index (κ3) is 3.73. The molecule has 2 aromatic heterocycles. The minimum Gasteiger partial charge on any atom is -0.493 e. The Kier molecular flexibility index (Phi) is 4.80. The van der Waals surface area contributed by atoms with Gasteiger partial charge in [0.05, 0.1) is 12.0 Å². The summed E-state index contributed by atoms with van der Waals surface area (Å²) in [7, 11) is 0. The van der Waals surface area contributed by atoms with E-state index in [0.717, 1.165) is 11.3 Å². The summed E-state index contributed by atoms with van der Waals surface area (Å²) in [6.45, 7) is 4.16. The zero-order chi connectivity index (χ0) is 17.1. The normalized spacial score (nSPS) is 11.0. The number of hydrogen-bond donors (Lipinski definition) is 1. The van der Waals surface area contributed by atoms with Crippen LogP contribution in [0.25, 0.3) is 11.0 Å². The number of halogens is 1. The number of nitrogens with one attached hydrogen (secondary N) is 1. The van der Waals surface area contributed by atoms with Crippen LogP contribution in [0.3, 0.4) is 0 Å². The van der Waals surface area contributed by atoms with Crippen LogP contribution in [0, 0.1) is 19.7 Å². The first kappa shape index (κ1) is 16.4. The van der Waals surface area contributed by atoms with E-state index in [1.54, 1.807) is 12.1 Å². The molecule has 7 heteroatoms. The highest BCUT2D eigenvalue weighted by atomic mass is 32.2. The fourth-order valence-corrected chi connectivity index (χ4v) is 3.04. The molecule has 0 fully saturated rings. The third-order valence-electron chi connectivity index (χ3n) is 3.39. The molecule has 124 valence electrons. The second-order valence-corrected chi connectivity index (χ2v) is 6.38. The zero-order valence-electron chi connectivity index (χ0n) is 13.3. The van der Waals surface area contributed by atoms with Crippen molar-refractivity contribution in [2.75, 3.05) is 12.4 Å². The third-order valence-corrected chi connectivity index (χ3v) is 4.22. The van der Waals surface area contributed by atoms with E-state index in [2.05, 4.69) is 15.0 Å². The van der Waals surface area contributed by atoms with Gasteiger partial charge in [0, 0.05) is 11.4 Å². The molecule has 0 aliphatic carbocycles. The molecule has 1 aromatic carbocycles. The van der Waals surface area contributed by atoms with Gasteiger partial charge in [-0.05, 0) is 49.7 Å². The number of ether oxygens (including phenoxy) is 1. The number of aryl methyl sites for hydroxylation is 2. The van der Waals surface area contributed by atoms with Gasteiger partial charge < -0.3 is 9.72 Å². The van der Waals surface area contributed by atoms with Crippen LogP contribution in [0.15, 0.2) is 40.3 Å². The van der Waals surface area contributed by atoms with Gasteiger partial charge in [-0.2, -0.15) is 0 Å². The van der Waals surface area contributed by atoms with Crippen molar-refractivity contribution in [1.82, 2.24) is 15.0 Å². The monoisotopic (exact) mass is 345 g/mol. The number of fused-ring (bicyclic) bond motifs is 1. The number of benzene rings is 1. The number of hydrogen-bond acceptors (Lipinski definition) is 5. The first-order valence-corrected chi connectivity index (χ1v) is 8.41. The first-order valence-electron chi connectivity index (χ1n) is 7.42. The minimum absolute atomic E-state index is 0.188. The molecule has 0 aliphatic heterocycles. The Bertz CT molecular complexity index is 926. The van der Waals surface area contributed by atoms with Crippen molar-refractivity contribution in [3.05, 3.63) is 57.8 Å². The highest BCUT2D eigenvalue weighted by Gasteiger charge is 2.09. The quantitative estimate of drug-likeness (QED) is 0.437. The van der Waals surface area contributed by atoms with Gasteiger partial charge >= 0.3 is 0 Å². The molecule has 0 aliphatic rings. The van der Waals surface area contributed by atoms with E-state index < -0.39 is 0 Å². The molecule has 0 saturated carbocycles. The predicted octanol–water partition coefficient (Wildman–Crippen LogP) is 3.25. The molecule has 0 unspecified atom stereocenters. The first-order chi connectivity index (χ1) is 11.5. The van der Waals surface area contributed by atoms with Crippen molar-refractivity contribution in [2.24, 2.45) is 0 Å². The number of thioether (sulfide) groups is 1. The Hall–Kier alpha value is -2.41. The molecule has 2 heterocycles. The maximum atomic E-state index is 12.8. The van der Waals surface area contributed by atoms with E-state index in [-0.39, 0.29) is 11.4 Å². The average Bonchev–Trinajstić information content (AvgIpc) is 2.52. The zero-order valence-corrected chi connectivity index (χ0v) is 14.1. The summed E-state index contributed by atoms with van der Waals surface area (Å²) in [6, 6.07) is 7.71. The van der Waals surface area contributed by atoms with Gasteiger partial charge in [0.2, 0.25) is 0 Å². The minimum atomic E-state index is -0.298. The Morgan fingerprint density at radius 3 is 2.71 bits per heavy atom. The van der Waals surface area contributed by atoms with Gasteiger partial charge in [-0.25, -0.2) is 14.4 Å². The standard InChI is InChI=1S/C17H16FN3O2S/c1-10-9-11(2)19-15-14(10)16(22)21-17(20-15)24-8-7-23-13-5-3-12(18)4-6-13/h3-6,9H,7-8H2,1-2H3,(H,19,20,21,22). The van der Waals surface area contributed by atoms with Crippen molar-refractivity contribution < 1.29 is 9.13 Å². The summed E-state index contributed by atoms with van der Waals surface area (Å²) in [5.41, 5.74) is 1.96. The fraction of sp³-hybridized carbons (Fsp3) is 0.235. The number of nitrogens with zero attached hydrogens (tertiary/aromatic N) is 2. The maximum Gasteiger partial charge on any atom is 0.261 e. The van der Waals surface area contributed by atoms with Crippen LogP contribution in [0.5, 0.6) is 5.75 Å². The van der Waals surface area contributed by atoms with Crippen LogP contribution in [0.4, 0.5) is 4.39 Å².